The van der Waals surface area contributed by atoms with Gasteiger partial charge in [-0.3, -0.25) is 4.79 Å². The Labute approximate surface area is 177 Å². The number of ether oxygens (including phenoxy) is 2. The van der Waals surface area contributed by atoms with Crippen LogP contribution in [-0.4, -0.2) is 44.2 Å². The lowest BCUT2D eigenvalue weighted by Gasteiger charge is -2.38. The molecule has 2 aromatic carbocycles. The Kier molecular flexibility index (Phi) is 5.45. The Morgan fingerprint density at radius 2 is 2.00 bits per heavy atom. The summed E-state index contributed by atoms with van der Waals surface area (Å²) in [7, 11) is 1.69. The van der Waals surface area contributed by atoms with Gasteiger partial charge in [0.1, 0.15) is 11.5 Å². The molecule has 1 saturated heterocycles. The highest BCUT2D eigenvalue weighted by Gasteiger charge is 2.62. The van der Waals surface area contributed by atoms with Crippen LogP contribution in [0.15, 0.2) is 48.5 Å². The van der Waals surface area contributed by atoms with Crippen molar-refractivity contribution in [3.63, 3.8) is 0 Å². The first kappa shape index (κ1) is 20.0. The van der Waals surface area contributed by atoms with Crippen LogP contribution in [0.1, 0.15) is 30.0 Å². The van der Waals surface area contributed by atoms with Crippen molar-refractivity contribution in [1.82, 2.24) is 10.2 Å². The first-order chi connectivity index (χ1) is 13.7. The summed E-state index contributed by atoms with van der Waals surface area (Å²) in [6.07, 6.45) is 1.85. The molecular weight excluding hydrogens is 388 g/mol. The molecule has 2 heterocycles. The van der Waals surface area contributed by atoms with Gasteiger partial charge in [0.25, 0.3) is 0 Å². The van der Waals surface area contributed by atoms with Crippen LogP contribution < -0.4 is 14.8 Å². The Bertz CT molecular complexity index is 905. The second-order valence-electron chi connectivity index (χ2n) is 8.00. The van der Waals surface area contributed by atoms with E-state index >= 15 is 0 Å². The van der Waals surface area contributed by atoms with Gasteiger partial charge >= 0.3 is 0 Å². The molecule has 3 aliphatic rings. The molecule has 2 fully saturated rings. The van der Waals surface area contributed by atoms with Gasteiger partial charge < -0.3 is 19.7 Å². The Balaban J connectivity index is 0.00000205. The summed E-state index contributed by atoms with van der Waals surface area (Å²) in [4.78, 5) is 15.7. The highest BCUT2D eigenvalue weighted by molar-refractivity contribution is 5.86. The van der Waals surface area contributed by atoms with E-state index in [2.05, 4.69) is 28.4 Å². The number of amides is 1. The number of hydrogen-bond acceptors (Lipinski definition) is 4. The van der Waals surface area contributed by atoms with Crippen LogP contribution in [0, 0.1) is 5.92 Å². The minimum atomic E-state index is -0.0396. The van der Waals surface area contributed by atoms with Crippen LogP contribution in [0.3, 0.4) is 0 Å². The molecule has 1 N–H and O–H groups in total. The fraction of sp³-hybridized carbons (Fsp3) is 0.435. The van der Waals surface area contributed by atoms with E-state index in [-0.39, 0.29) is 35.7 Å². The van der Waals surface area contributed by atoms with E-state index in [1.807, 2.05) is 30.3 Å². The van der Waals surface area contributed by atoms with Gasteiger partial charge in [-0.2, -0.15) is 0 Å². The number of nitrogens with zero attached hydrogens (tertiary/aromatic N) is 1. The molecule has 2 aromatic rings. The standard InChI is InChI=1S/C23H26N2O3.ClH/c1-27-20-8-4-2-6-16(20)19-15-24-11-12-25(19)22(26)18-14-23(18)10-13-28-21-9-5-3-7-17(21)23;/h2-9,18-19,24H,10-15H2,1H3;1H. The van der Waals surface area contributed by atoms with Crippen molar-refractivity contribution in [1.29, 1.82) is 0 Å². The SMILES string of the molecule is COc1ccccc1C1CNCCN1C(=O)C1CC12CCOc1ccccc12.Cl. The van der Waals surface area contributed by atoms with E-state index in [0.29, 0.717) is 6.61 Å². The highest BCUT2D eigenvalue weighted by Crippen LogP contribution is 2.61. The first-order valence-corrected chi connectivity index (χ1v) is 10.1. The fourth-order valence-corrected chi connectivity index (χ4v) is 5.07. The van der Waals surface area contributed by atoms with E-state index in [1.54, 1.807) is 7.11 Å². The van der Waals surface area contributed by atoms with Crippen molar-refractivity contribution < 1.29 is 14.3 Å². The summed E-state index contributed by atoms with van der Waals surface area (Å²) in [6, 6.07) is 16.3. The lowest BCUT2D eigenvalue weighted by Crippen LogP contribution is -2.50. The van der Waals surface area contributed by atoms with Crippen LogP contribution in [0.5, 0.6) is 11.5 Å². The van der Waals surface area contributed by atoms with Crippen molar-refractivity contribution in [2.24, 2.45) is 5.92 Å². The zero-order valence-corrected chi connectivity index (χ0v) is 17.4. The number of nitrogens with one attached hydrogen (secondary N) is 1. The quantitative estimate of drug-likeness (QED) is 0.837. The molecule has 1 amide bonds. The summed E-state index contributed by atoms with van der Waals surface area (Å²) in [6.45, 7) is 3.01. The zero-order chi connectivity index (χ0) is 19.1. The topological polar surface area (TPSA) is 50.8 Å². The van der Waals surface area contributed by atoms with Gasteiger partial charge in [-0.15, -0.1) is 12.4 Å². The van der Waals surface area contributed by atoms with Gasteiger partial charge in [-0.1, -0.05) is 36.4 Å². The largest absolute Gasteiger partial charge is 0.496 e. The van der Waals surface area contributed by atoms with Gasteiger partial charge in [0.2, 0.25) is 5.91 Å². The van der Waals surface area contributed by atoms with E-state index in [9.17, 15) is 4.79 Å². The molecule has 0 radical (unpaired) electrons. The number of carbonyl (C=O) groups is 1. The minimum Gasteiger partial charge on any atom is -0.496 e. The molecular formula is C23H27ClN2O3. The highest BCUT2D eigenvalue weighted by atomic mass is 35.5. The van der Waals surface area contributed by atoms with Crippen LogP contribution in [0.25, 0.3) is 0 Å². The molecule has 3 atom stereocenters. The Morgan fingerprint density at radius 3 is 2.86 bits per heavy atom. The Hall–Kier alpha value is -2.24. The number of carbonyl (C=O) groups excluding carboxylic acids is 1. The second kappa shape index (κ2) is 7.88. The third kappa shape index (κ3) is 3.26. The maximum atomic E-state index is 13.6. The molecule has 154 valence electrons. The van der Waals surface area contributed by atoms with Crippen molar-refractivity contribution >= 4 is 18.3 Å². The van der Waals surface area contributed by atoms with Gasteiger partial charge in [-0.25, -0.2) is 0 Å². The molecule has 1 saturated carbocycles. The molecule has 0 aromatic heterocycles. The molecule has 29 heavy (non-hydrogen) atoms. The van der Waals surface area contributed by atoms with E-state index in [0.717, 1.165) is 49.5 Å². The minimum absolute atomic E-state index is 0. The number of halogens is 1. The monoisotopic (exact) mass is 414 g/mol. The van der Waals surface area contributed by atoms with Gasteiger partial charge in [0.05, 0.1) is 19.8 Å². The molecule has 3 unspecified atom stereocenters. The third-order valence-corrected chi connectivity index (χ3v) is 6.63. The number of fused-ring (bicyclic) bond motifs is 2. The predicted octanol–water partition coefficient (Wildman–Crippen LogP) is 3.33. The molecule has 2 aliphatic heterocycles. The summed E-state index contributed by atoms with van der Waals surface area (Å²) in [5.41, 5.74) is 2.25. The third-order valence-electron chi connectivity index (χ3n) is 6.63. The predicted molar refractivity (Wildman–Crippen MR) is 114 cm³/mol. The second-order valence-corrected chi connectivity index (χ2v) is 8.00. The van der Waals surface area contributed by atoms with Gasteiger partial charge in [0.15, 0.2) is 0 Å². The van der Waals surface area contributed by atoms with Crippen molar-refractivity contribution in [3.8, 4) is 11.5 Å². The van der Waals surface area contributed by atoms with Crippen molar-refractivity contribution in [2.75, 3.05) is 33.4 Å². The Morgan fingerprint density at radius 1 is 1.21 bits per heavy atom. The molecule has 1 aliphatic carbocycles. The molecule has 5 nitrogen and oxygen atoms in total. The number of piperazine rings is 1. The number of para-hydroxylation sites is 2. The summed E-state index contributed by atoms with van der Waals surface area (Å²) in [5, 5.41) is 3.45. The molecule has 6 heteroatoms. The molecule has 1 spiro atoms. The maximum absolute atomic E-state index is 13.6. The van der Waals surface area contributed by atoms with Crippen molar-refractivity contribution in [3.05, 3.63) is 59.7 Å². The molecule has 5 rings (SSSR count). The first-order valence-electron chi connectivity index (χ1n) is 10.1. The smallest absolute Gasteiger partial charge is 0.227 e. The lowest BCUT2D eigenvalue weighted by molar-refractivity contribution is -0.136. The van der Waals surface area contributed by atoms with Crippen LogP contribution in [-0.2, 0) is 10.2 Å². The number of rotatable bonds is 3. The van der Waals surface area contributed by atoms with Gasteiger partial charge in [0, 0.05) is 42.1 Å². The van der Waals surface area contributed by atoms with E-state index in [4.69, 9.17) is 9.47 Å². The summed E-state index contributed by atoms with van der Waals surface area (Å²) in [5.74, 6) is 2.11. The number of benzene rings is 2. The van der Waals surface area contributed by atoms with Crippen LogP contribution in [0.2, 0.25) is 0 Å². The normalized spacial score (nSPS) is 27.4. The number of hydrogen-bond donors (Lipinski definition) is 1. The summed E-state index contributed by atoms with van der Waals surface area (Å²) >= 11 is 0. The van der Waals surface area contributed by atoms with E-state index < -0.39 is 0 Å². The van der Waals surface area contributed by atoms with Crippen LogP contribution >= 0.6 is 12.4 Å². The molecule has 0 bridgehead atoms. The lowest BCUT2D eigenvalue weighted by atomic mass is 9.87. The maximum Gasteiger partial charge on any atom is 0.227 e. The van der Waals surface area contributed by atoms with Crippen molar-refractivity contribution in [2.45, 2.75) is 24.3 Å². The van der Waals surface area contributed by atoms with Gasteiger partial charge in [-0.05, 0) is 25.0 Å². The average molecular weight is 415 g/mol. The summed E-state index contributed by atoms with van der Waals surface area (Å²) < 4.78 is 11.4. The number of methoxy groups -OCH3 is 1. The van der Waals surface area contributed by atoms with Crippen LogP contribution in [0.4, 0.5) is 0 Å². The average Bonchev–Trinajstić information content (AvgIpc) is 3.48. The fourth-order valence-electron chi connectivity index (χ4n) is 5.07. The zero-order valence-electron chi connectivity index (χ0n) is 16.6. The van der Waals surface area contributed by atoms with E-state index in [1.165, 1.54) is 5.56 Å².